The average molecular weight is 323 g/mol. The molecule has 0 aromatic carbocycles. The molecular weight excluding hydrogens is 302 g/mol. The van der Waals surface area contributed by atoms with Crippen LogP contribution in [-0.4, -0.2) is 57.3 Å². The summed E-state index contributed by atoms with van der Waals surface area (Å²) in [4.78, 5) is 36.3. The summed E-state index contributed by atoms with van der Waals surface area (Å²) >= 11 is 0. The molecule has 2 heterocycles. The van der Waals surface area contributed by atoms with E-state index in [2.05, 4.69) is 5.10 Å². The van der Waals surface area contributed by atoms with Gasteiger partial charge in [-0.1, -0.05) is 0 Å². The Morgan fingerprint density at radius 1 is 1.35 bits per heavy atom. The number of carbonyl (C=O) groups is 3. The molecular formula is C15H21N3O5. The van der Waals surface area contributed by atoms with Crippen LogP contribution in [0.3, 0.4) is 0 Å². The van der Waals surface area contributed by atoms with Gasteiger partial charge in [-0.2, -0.15) is 5.10 Å². The molecule has 0 radical (unpaired) electrons. The van der Waals surface area contributed by atoms with E-state index in [1.807, 2.05) is 0 Å². The lowest BCUT2D eigenvalue weighted by atomic mass is 9.97. The molecule has 0 saturated carbocycles. The Morgan fingerprint density at radius 2 is 2.04 bits per heavy atom. The fraction of sp³-hybridized carbons (Fsp3) is 0.600. The van der Waals surface area contributed by atoms with Crippen LogP contribution >= 0.6 is 0 Å². The van der Waals surface area contributed by atoms with Crippen molar-refractivity contribution >= 4 is 17.8 Å². The van der Waals surface area contributed by atoms with Gasteiger partial charge in [0.25, 0.3) is 0 Å². The van der Waals surface area contributed by atoms with E-state index >= 15 is 0 Å². The molecule has 8 heteroatoms. The van der Waals surface area contributed by atoms with Gasteiger partial charge < -0.3 is 14.7 Å². The van der Waals surface area contributed by atoms with Gasteiger partial charge in [-0.25, -0.2) is 4.79 Å². The molecule has 0 spiro atoms. The number of hydrogen-bond acceptors (Lipinski definition) is 5. The summed E-state index contributed by atoms with van der Waals surface area (Å²) in [6.45, 7) is 3.58. The highest BCUT2D eigenvalue weighted by Gasteiger charge is 2.27. The van der Waals surface area contributed by atoms with Crippen molar-refractivity contribution in [3.05, 3.63) is 18.0 Å². The lowest BCUT2D eigenvalue weighted by molar-refractivity contribution is -0.151. The van der Waals surface area contributed by atoms with Crippen LogP contribution in [0.25, 0.3) is 0 Å². The highest BCUT2D eigenvalue weighted by molar-refractivity contribution is 5.86. The molecule has 0 unspecified atom stereocenters. The van der Waals surface area contributed by atoms with Crippen molar-refractivity contribution in [3.8, 4) is 0 Å². The maximum atomic E-state index is 12.2. The first-order chi connectivity index (χ1) is 11.0. The van der Waals surface area contributed by atoms with Gasteiger partial charge in [0.05, 0.1) is 24.3 Å². The third kappa shape index (κ3) is 4.54. The van der Waals surface area contributed by atoms with Crippen molar-refractivity contribution in [1.82, 2.24) is 14.7 Å². The molecule has 23 heavy (non-hydrogen) atoms. The van der Waals surface area contributed by atoms with Crippen molar-refractivity contribution in [3.63, 3.8) is 0 Å². The summed E-state index contributed by atoms with van der Waals surface area (Å²) in [5.74, 6) is -1.36. The number of carboxylic acids is 1. The molecule has 1 amide bonds. The Hall–Kier alpha value is -2.38. The fourth-order valence-electron chi connectivity index (χ4n) is 2.59. The van der Waals surface area contributed by atoms with E-state index in [1.165, 1.54) is 17.1 Å². The van der Waals surface area contributed by atoms with Gasteiger partial charge in [-0.05, 0) is 19.8 Å². The van der Waals surface area contributed by atoms with Crippen molar-refractivity contribution in [2.45, 2.75) is 32.7 Å². The zero-order valence-corrected chi connectivity index (χ0v) is 13.1. The van der Waals surface area contributed by atoms with Gasteiger partial charge in [0.15, 0.2) is 0 Å². The van der Waals surface area contributed by atoms with Crippen molar-refractivity contribution in [1.29, 1.82) is 0 Å². The molecule has 1 aliphatic heterocycles. The Kier molecular flexibility index (Phi) is 5.72. The second kappa shape index (κ2) is 7.75. The second-order valence-corrected chi connectivity index (χ2v) is 5.45. The minimum absolute atomic E-state index is 0.0142. The smallest absolute Gasteiger partial charge is 0.338 e. The number of likely N-dealkylation sites (tertiary alicyclic amines) is 1. The van der Waals surface area contributed by atoms with E-state index in [0.717, 1.165) is 0 Å². The van der Waals surface area contributed by atoms with Gasteiger partial charge in [0.1, 0.15) is 0 Å². The minimum Gasteiger partial charge on any atom is -0.478 e. The van der Waals surface area contributed by atoms with E-state index in [9.17, 15) is 14.4 Å². The molecule has 8 nitrogen and oxygen atoms in total. The van der Waals surface area contributed by atoms with Crippen molar-refractivity contribution in [2.24, 2.45) is 5.92 Å². The molecule has 0 bridgehead atoms. The number of amides is 1. The number of aryl methyl sites for hydroxylation is 1. The summed E-state index contributed by atoms with van der Waals surface area (Å²) in [5.41, 5.74) is 0.104. The molecule has 2 rings (SSSR count). The van der Waals surface area contributed by atoms with E-state index in [1.54, 1.807) is 11.8 Å². The molecule has 1 aromatic rings. The maximum absolute atomic E-state index is 12.2. The normalized spacial score (nSPS) is 15.4. The third-order valence-corrected chi connectivity index (χ3v) is 3.90. The quantitative estimate of drug-likeness (QED) is 0.776. The number of aromatic nitrogens is 2. The minimum atomic E-state index is -1.04. The van der Waals surface area contributed by atoms with Crippen LogP contribution < -0.4 is 0 Å². The Morgan fingerprint density at radius 3 is 2.61 bits per heavy atom. The molecule has 0 aliphatic carbocycles. The van der Waals surface area contributed by atoms with Gasteiger partial charge in [-0.15, -0.1) is 0 Å². The molecule has 1 fully saturated rings. The van der Waals surface area contributed by atoms with Crippen molar-refractivity contribution in [2.75, 3.05) is 19.7 Å². The number of esters is 1. The number of aromatic carboxylic acids is 1. The third-order valence-electron chi connectivity index (χ3n) is 3.90. The Balaban J connectivity index is 1.76. The van der Waals surface area contributed by atoms with Crippen LogP contribution in [0, 0.1) is 5.92 Å². The summed E-state index contributed by atoms with van der Waals surface area (Å²) in [5, 5.41) is 12.7. The van der Waals surface area contributed by atoms with E-state index < -0.39 is 5.97 Å². The molecule has 1 aromatic heterocycles. The van der Waals surface area contributed by atoms with Crippen LogP contribution in [0.1, 0.15) is 36.5 Å². The highest BCUT2D eigenvalue weighted by Crippen LogP contribution is 2.19. The van der Waals surface area contributed by atoms with Crippen LogP contribution in [-0.2, 0) is 20.9 Å². The van der Waals surface area contributed by atoms with E-state index in [0.29, 0.717) is 39.1 Å². The summed E-state index contributed by atoms with van der Waals surface area (Å²) in [6.07, 6.45) is 4.16. The monoisotopic (exact) mass is 323 g/mol. The predicted octanol–water partition coefficient (Wildman–Crippen LogP) is 0.773. The first-order valence-electron chi connectivity index (χ1n) is 7.71. The number of rotatable bonds is 6. The van der Waals surface area contributed by atoms with Crippen LogP contribution in [0.15, 0.2) is 12.4 Å². The first kappa shape index (κ1) is 17.0. The number of ether oxygens (including phenoxy) is 1. The molecule has 1 N–H and O–H groups in total. The van der Waals surface area contributed by atoms with Crippen molar-refractivity contribution < 1.29 is 24.2 Å². The average Bonchev–Trinajstić information content (AvgIpc) is 3.02. The summed E-state index contributed by atoms with van der Waals surface area (Å²) < 4.78 is 6.45. The Labute approximate surface area is 134 Å². The Bertz CT molecular complexity index is 575. The molecule has 1 saturated heterocycles. The number of hydrogen-bond donors (Lipinski definition) is 1. The topological polar surface area (TPSA) is 102 Å². The van der Waals surface area contributed by atoms with Gasteiger partial charge in [0.2, 0.25) is 5.91 Å². The lowest BCUT2D eigenvalue weighted by Gasteiger charge is -2.31. The number of nitrogens with zero attached hydrogens (tertiary/aromatic N) is 3. The number of carbonyl (C=O) groups excluding carboxylic acids is 2. The number of piperidine rings is 1. The molecule has 0 atom stereocenters. The van der Waals surface area contributed by atoms with E-state index in [-0.39, 0.29) is 29.8 Å². The highest BCUT2D eigenvalue weighted by atomic mass is 16.5. The zero-order valence-electron chi connectivity index (χ0n) is 13.1. The second-order valence-electron chi connectivity index (χ2n) is 5.45. The lowest BCUT2D eigenvalue weighted by Crippen LogP contribution is -2.40. The summed E-state index contributed by atoms with van der Waals surface area (Å²) in [7, 11) is 0. The first-order valence-corrected chi connectivity index (χ1v) is 7.71. The van der Waals surface area contributed by atoms with Crippen LogP contribution in [0.5, 0.6) is 0 Å². The number of carboxylic acid groups (broad SMARTS) is 1. The van der Waals surface area contributed by atoms with E-state index in [4.69, 9.17) is 9.84 Å². The maximum Gasteiger partial charge on any atom is 0.338 e. The SMILES string of the molecule is CCOC(=O)C1CCN(C(=O)CCn2cc(C(=O)O)cn2)CC1. The summed E-state index contributed by atoms with van der Waals surface area (Å²) in [6, 6.07) is 0. The zero-order chi connectivity index (χ0) is 16.8. The predicted molar refractivity (Wildman–Crippen MR) is 79.7 cm³/mol. The largest absolute Gasteiger partial charge is 0.478 e. The van der Waals surface area contributed by atoms with Crippen LogP contribution in [0.2, 0.25) is 0 Å². The van der Waals surface area contributed by atoms with Gasteiger partial charge >= 0.3 is 11.9 Å². The van der Waals surface area contributed by atoms with Gasteiger partial charge in [0, 0.05) is 32.3 Å². The fourth-order valence-corrected chi connectivity index (χ4v) is 2.59. The molecule has 1 aliphatic rings. The van der Waals surface area contributed by atoms with Crippen LogP contribution in [0.4, 0.5) is 0 Å². The van der Waals surface area contributed by atoms with Gasteiger partial charge in [-0.3, -0.25) is 14.3 Å². The molecule has 126 valence electrons. The standard InChI is InChI=1S/C15H21N3O5/c1-2-23-15(22)11-3-6-17(7-4-11)13(19)5-8-18-10-12(9-16-18)14(20)21/h9-11H,2-8H2,1H3,(H,20,21).